The van der Waals surface area contributed by atoms with Gasteiger partial charge in [0.25, 0.3) is 0 Å². The maximum atomic E-state index is 12.1. The molecule has 0 spiro atoms. The monoisotopic (exact) mass is 212 g/mol. The Morgan fingerprint density at radius 3 is 2.53 bits per heavy atom. The quantitative estimate of drug-likeness (QED) is 0.747. The van der Waals surface area contributed by atoms with Crippen LogP contribution in [0.4, 0.5) is 0 Å². The highest BCUT2D eigenvalue weighted by molar-refractivity contribution is 5.86. The first-order valence-electron chi connectivity index (χ1n) is 5.93. The highest BCUT2D eigenvalue weighted by Gasteiger charge is 2.39. The van der Waals surface area contributed by atoms with Gasteiger partial charge in [0.2, 0.25) is 5.91 Å². The van der Waals surface area contributed by atoms with Crippen molar-refractivity contribution < 1.29 is 4.79 Å². The number of carbonyl (C=O) groups excluding carboxylic acids is 1. The van der Waals surface area contributed by atoms with Crippen molar-refractivity contribution in [1.82, 2.24) is 10.6 Å². The van der Waals surface area contributed by atoms with Crippen LogP contribution in [0.1, 0.15) is 47.0 Å². The van der Waals surface area contributed by atoms with Gasteiger partial charge in [-0.15, -0.1) is 0 Å². The normalized spacial score (nSPS) is 26.7. The van der Waals surface area contributed by atoms with Crippen LogP contribution in [0.3, 0.4) is 0 Å². The molecule has 0 radical (unpaired) electrons. The number of amides is 1. The highest BCUT2D eigenvalue weighted by atomic mass is 16.2. The fourth-order valence-electron chi connectivity index (χ4n) is 1.98. The summed E-state index contributed by atoms with van der Waals surface area (Å²) in [7, 11) is 0. The molecule has 3 heteroatoms. The third kappa shape index (κ3) is 3.20. The van der Waals surface area contributed by atoms with Gasteiger partial charge in [0.1, 0.15) is 0 Å². The molecule has 0 aliphatic carbocycles. The number of carbonyl (C=O) groups is 1. The Kier molecular flexibility index (Phi) is 3.77. The van der Waals surface area contributed by atoms with Gasteiger partial charge < -0.3 is 10.6 Å². The van der Waals surface area contributed by atoms with Gasteiger partial charge in [0, 0.05) is 6.54 Å². The van der Waals surface area contributed by atoms with Crippen LogP contribution in [-0.4, -0.2) is 24.5 Å². The molecule has 88 valence electrons. The number of hydrogen-bond acceptors (Lipinski definition) is 2. The van der Waals surface area contributed by atoms with E-state index in [1.165, 1.54) is 0 Å². The first-order valence-corrected chi connectivity index (χ1v) is 5.93. The molecule has 1 atom stereocenters. The van der Waals surface area contributed by atoms with E-state index in [9.17, 15) is 4.79 Å². The Balaban J connectivity index is 2.51. The smallest absolute Gasteiger partial charge is 0.240 e. The predicted octanol–water partition coefficient (Wildman–Crippen LogP) is 1.68. The zero-order valence-electron chi connectivity index (χ0n) is 10.4. The van der Waals surface area contributed by atoms with Crippen molar-refractivity contribution in [3.8, 4) is 0 Å². The molecule has 3 nitrogen and oxygen atoms in total. The van der Waals surface area contributed by atoms with Gasteiger partial charge in [-0.3, -0.25) is 4.79 Å². The molecule has 1 saturated heterocycles. The minimum absolute atomic E-state index is 0.156. The van der Waals surface area contributed by atoms with Crippen molar-refractivity contribution in [2.75, 3.05) is 13.1 Å². The summed E-state index contributed by atoms with van der Waals surface area (Å²) in [6.45, 7) is 10.2. The molecule has 1 aliphatic heterocycles. The van der Waals surface area contributed by atoms with Crippen LogP contribution in [0.25, 0.3) is 0 Å². The maximum absolute atomic E-state index is 12.1. The molecule has 0 bridgehead atoms. The molecule has 0 saturated carbocycles. The summed E-state index contributed by atoms with van der Waals surface area (Å²) >= 11 is 0. The maximum Gasteiger partial charge on any atom is 0.240 e. The molecule has 1 aliphatic rings. The van der Waals surface area contributed by atoms with Gasteiger partial charge >= 0.3 is 0 Å². The summed E-state index contributed by atoms with van der Waals surface area (Å²) in [5.41, 5.74) is -0.131. The standard InChI is InChI=1S/C12H24N2O/c1-5-12(7-6-8-14-12)10(15)13-9-11(2,3)4/h14H,5-9H2,1-4H3,(H,13,15). The first kappa shape index (κ1) is 12.5. The Morgan fingerprint density at radius 1 is 1.47 bits per heavy atom. The topological polar surface area (TPSA) is 41.1 Å². The second-order valence-electron chi connectivity index (χ2n) is 5.71. The molecule has 2 N–H and O–H groups in total. The van der Waals surface area contributed by atoms with E-state index in [2.05, 4.69) is 38.3 Å². The van der Waals surface area contributed by atoms with E-state index in [4.69, 9.17) is 0 Å². The van der Waals surface area contributed by atoms with Crippen molar-refractivity contribution in [2.24, 2.45) is 5.41 Å². The van der Waals surface area contributed by atoms with Gasteiger partial charge in [-0.1, -0.05) is 27.7 Å². The minimum atomic E-state index is -0.286. The van der Waals surface area contributed by atoms with Gasteiger partial charge in [-0.05, 0) is 31.2 Å². The lowest BCUT2D eigenvalue weighted by Crippen LogP contribution is -2.54. The van der Waals surface area contributed by atoms with E-state index in [1.54, 1.807) is 0 Å². The van der Waals surface area contributed by atoms with Crippen LogP contribution in [0.5, 0.6) is 0 Å². The average Bonchev–Trinajstić information content (AvgIpc) is 2.62. The summed E-state index contributed by atoms with van der Waals surface area (Å²) in [4.78, 5) is 12.1. The Morgan fingerprint density at radius 2 is 2.13 bits per heavy atom. The van der Waals surface area contributed by atoms with Gasteiger partial charge in [-0.25, -0.2) is 0 Å². The molecule has 1 heterocycles. The Labute approximate surface area is 93.0 Å². The Bertz CT molecular complexity index is 224. The zero-order chi connectivity index (χ0) is 11.5. The molecular formula is C12H24N2O. The van der Waals surface area contributed by atoms with Crippen LogP contribution >= 0.6 is 0 Å². The van der Waals surface area contributed by atoms with E-state index in [-0.39, 0.29) is 16.9 Å². The molecule has 1 amide bonds. The summed E-state index contributed by atoms with van der Waals surface area (Å²) < 4.78 is 0. The summed E-state index contributed by atoms with van der Waals surface area (Å²) in [6.07, 6.45) is 2.96. The lowest BCUT2D eigenvalue weighted by molar-refractivity contribution is -0.127. The van der Waals surface area contributed by atoms with Crippen molar-refractivity contribution in [2.45, 2.75) is 52.5 Å². The Hall–Kier alpha value is -0.570. The highest BCUT2D eigenvalue weighted by Crippen LogP contribution is 2.23. The fourth-order valence-corrected chi connectivity index (χ4v) is 1.98. The zero-order valence-corrected chi connectivity index (χ0v) is 10.4. The number of rotatable bonds is 3. The minimum Gasteiger partial charge on any atom is -0.354 e. The second kappa shape index (κ2) is 4.52. The second-order valence-corrected chi connectivity index (χ2v) is 5.71. The SMILES string of the molecule is CCC1(C(=O)NCC(C)(C)C)CCCN1. The number of hydrogen-bond donors (Lipinski definition) is 2. The summed E-state index contributed by atoms with van der Waals surface area (Å²) in [6, 6.07) is 0. The van der Waals surface area contributed by atoms with Gasteiger partial charge in [0.05, 0.1) is 5.54 Å². The molecule has 15 heavy (non-hydrogen) atoms. The largest absolute Gasteiger partial charge is 0.354 e. The van der Waals surface area contributed by atoms with Crippen LogP contribution in [0.2, 0.25) is 0 Å². The van der Waals surface area contributed by atoms with Crippen LogP contribution < -0.4 is 10.6 Å². The molecule has 1 rings (SSSR count). The lowest BCUT2D eigenvalue weighted by Gasteiger charge is -2.29. The van der Waals surface area contributed by atoms with Crippen LogP contribution in [0, 0.1) is 5.41 Å². The van der Waals surface area contributed by atoms with E-state index >= 15 is 0 Å². The molecule has 0 aromatic carbocycles. The molecule has 0 aromatic rings. The fraction of sp³-hybridized carbons (Fsp3) is 0.917. The number of nitrogens with one attached hydrogen (secondary N) is 2. The third-order valence-electron chi connectivity index (χ3n) is 3.06. The molecule has 1 unspecified atom stereocenters. The summed E-state index contributed by atoms with van der Waals surface area (Å²) in [5.74, 6) is 0.178. The van der Waals surface area contributed by atoms with Gasteiger partial charge in [0.15, 0.2) is 0 Å². The van der Waals surface area contributed by atoms with E-state index < -0.39 is 0 Å². The van der Waals surface area contributed by atoms with Crippen molar-refractivity contribution >= 4 is 5.91 Å². The molecular weight excluding hydrogens is 188 g/mol. The predicted molar refractivity (Wildman–Crippen MR) is 62.7 cm³/mol. The van der Waals surface area contributed by atoms with Crippen molar-refractivity contribution in [3.63, 3.8) is 0 Å². The lowest BCUT2D eigenvalue weighted by atomic mass is 9.91. The summed E-state index contributed by atoms with van der Waals surface area (Å²) in [5, 5.41) is 6.40. The molecule has 0 aromatic heterocycles. The van der Waals surface area contributed by atoms with Gasteiger partial charge in [-0.2, -0.15) is 0 Å². The van der Waals surface area contributed by atoms with Crippen LogP contribution in [0.15, 0.2) is 0 Å². The van der Waals surface area contributed by atoms with E-state index in [0.29, 0.717) is 0 Å². The van der Waals surface area contributed by atoms with E-state index in [1.807, 2.05) is 0 Å². The first-order chi connectivity index (χ1) is 6.90. The van der Waals surface area contributed by atoms with E-state index in [0.717, 1.165) is 32.4 Å². The molecule has 1 fully saturated rings. The third-order valence-corrected chi connectivity index (χ3v) is 3.06. The van der Waals surface area contributed by atoms with Crippen molar-refractivity contribution in [1.29, 1.82) is 0 Å². The average molecular weight is 212 g/mol. The van der Waals surface area contributed by atoms with Crippen molar-refractivity contribution in [3.05, 3.63) is 0 Å². The van der Waals surface area contributed by atoms with Crippen LogP contribution in [-0.2, 0) is 4.79 Å².